The van der Waals surface area contributed by atoms with Gasteiger partial charge < -0.3 is 0 Å². The van der Waals surface area contributed by atoms with E-state index in [4.69, 9.17) is 11.6 Å². The van der Waals surface area contributed by atoms with Gasteiger partial charge in [0, 0.05) is 23.6 Å². The van der Waals surface area contributed by atoms with Gasteiger partial charge in [-0.05, 0) is 42.8 Å². The van der Waals surface area contributed by atoms with Crippen molar-refractivity contribution in [1.29, 1.82) is 0 Å². The predicted octanol–water partition coefficient (Wildman–Crippen LogP) is 1.62. The molecule has 1 amide bonds. The van der Waals surface area contributed by atoms with Gasteiger partial charge in [0.1, 0.15) is 5.82 Å². The number of hydrogen-bond donors (Lipinski definition) is 2. The SMILES string of the molecule is O=C(NNS(=O)(=O)c1cccc(Cl)c1)c1ccc2c(=O)n3c(nc2c1)CCC3. The molecule has 0 saturated carbocycles. The highest BCUT2D eigenvalue weighted by atomic mass is 35.5. The standard InChI is InChI=1S/C18H15ClN4O4S/c19-12-3-1-4-13(10-12)28(26,27)22-21-17(24)11-6-7-14-15(9-11)20-16-5-2-8-23(16)18(14)25/h1,3-4,6-7,9-10,22H,2,5,8H2,(H,21,24). The first kappa shape index (κ1) is 18.6. The molecule has 8 nitrogen and oxygen atoms in total. The molecular weight excluding hydrogens is 404 g/mol. The van der Waals surface area contributed by atoms with Crippen LogP contribution in [0, 0.1) is 0 Å². The summed E-state index contributed by atoms with van der Waals surface area (Å²) in [6.07, 6.45) is 1.57. The van der Waals surface area contributed by atoms with Crippen molar-refractivity contribution in [3.05, 3.63) is 69.2 Å². The molecule has 4 rings (SSSR count). The van der Waals surface area contributed by atoms with Crippen LogP contribution in [0.1, 0.15) is 22.6 Å². The Hall–Kier alpha value is -2.75. The van der Waals surface area contributed by atoms with Gasteiger partial charge in [-0.3, -0.25) is 19.6 Å². The molecule has 0 bridgehead atoms. The van der Waals surface area contributed by atoms with E-state index >= 15 is 0 Å². The van der Waals surface area contributed by atoms with Gasteiger partial charge in [0.15, 0.2) is 0 Å². The first-order chi connectivity index (χ1) is 13.3. The van der Waals surface area contributed by atoms with Gasteiger partial charge in [-0.1, -0.05) is 17.7 Å². The number of nitrogens with one attached hydrogen (secondary N) is 2. The van der Waals surface area contributed by atoms with E-state index in [0.29, 0.717) is 29.7 Å². The van der Waals surface area contributed by atoms with E-state index in [-0.39, 0.29) is 21.0 Å². The van der Waals surface area contributed by atoms with Crippen molar-refractivity contribution in [3.8, 4) is 0 Å². The summed E-state index contributed by atoms with van der Waals surface area (Å²) in [5.41, 5.74) is 2.61. The molecule has 3 aromatic rings. The number of carbonyl (C=O) groups excluding carboxylic acids is 1. The zero-order chi connectivity index (χ0) is 19.9. The van der Waals surface area contributed by atoms with Gasteiger partial charge >= 0.3 is 0 Å². The molecule has 0 fully saturated rings. The summed E-state index contributed by atoms with van der Waals surface area (Å²) >= 11 is 5.80. The van der Waals surface area contributed by atoms with Crippen LogP contribution < -0.4 is 15.8 Å². The van der Waals surface area contributed by atoms with Crippen LogP contribution in [-0.4, -0.2) is 23.9 Å². The molecule has 28 heavy (non-hydrogen) atoms. The molecule has 1 aromatic heterocycles. The number of hydrogen-bond acceptors (Lipinski definition) is 5. The molecule has 1 aliphatic rings. The zero-order valence-corrected chi connectivity index (χ0v) is 16.0. The van der Waals surface area contributed by atoms with Crippen LogP contribution in [0.2, 0.25) is 5.02 Å². The molecule has 0 radical (unpaired) electrons. The summed E-state index contributed by atoms with van der Waals surface area (Å²) in [4.78, 5) is 31.2. The summed E-state index contributed by atoms with van der Waals surface area (Å²) in [7, 11) is -3.98. The van der Waals surface area contributed by atoms with E-state index in [9.17, 15) is 18.0 Å². The van der Waals surface area contributed by atoms with E-state index in [2.05, 4.69) is 10.4 Å². The van der Waals surface area contributed by atoms with Crippen molar-refractivity contribution in [2.75, 3.05) is 0 Å². The molecule has 2 N–H and O–H groups in total. The lowest BCUT2D eigenvalue weighted by molar-refractivity contribution is 0.0945. The Kier molecular flexibility index (Phi) is 4.66. The lowest BCUT2D eigenvalue weighted by Gasteiger charge is -2.10. The number of rotatable bonds is 4. The lowest BCUT2D eigenvalue weighted by Crippen LogP contribution is -2.41. The summed E-state index contributed by atoms with van der Waals surface area (Å²) in [6.45, 7) is 0.643. The minimum Gasteiger partial charge on any atom is -0.296 e. The number of aromatic nitrogens is 2. The van der Waals surface area contributed by atoms with Crippen LogP contribution in [0.15, 0.2) is 52.2 Å². The maximum Gasteiger partial charge on any atom is 0.266 e. The highest BCUT2D eigenvalue weighted by Gasteiger charge is 2.19. The van der Waals surface area contributed by atoms with Crippen LogP contribution in [0.4, 0.5) is 0 Å². The third-order valence-electron chi connectivity index (χ3n) is 4.48. The third kappa shape index (κ3) is 3.39. The number of carbonyl (C=O) groups is 1. The largest absolute Gasteiger partial charge is 0.296 e. The quantitative estimate of drug-likeness (QED) is 0.625. The first-order valence-electron chi connectivity index (χ1n) is 8.46. The van der Waals surface area contributed by atoms with E-state index in [0.717, 1.165) is 6.42 Å². The highest BCUT2D eigenvalue weighted by molar-refractivity contribution is 7.89. The molecule has 0 saturated heterocycles. The fourth-order valence-corrected chi connectivity index (χ4v) is 4.24. The second kappa shape index (κ2) is 7.01. The summed E-state index contributed by atoms with van der Waals surface area (Å²) in [5, 5.41) is 0.676. The lowest BCUT2D eigenvalue weighted by atomic mass is 10.1. The van der Waals surface area contributed by atoms with E-state index < -0.39 is 15.9 Å². The zero-order valence-electron chi connectivity index (χ0n) is 14.5. The Bertz CT molecular complexity index is 1270. The molecule has 0 atom stereocenters. The summed E-state index contributed by atoms with van der Waals surface area (Å²) < 4.78 is 26.2. The predicted molar refractivity (Wildman–Crippen MR) is 104 cm³/mol. The van der Waals surface area contributed by atoms with Gasteiger partial charge in [-0.15, -0.1) is 4.83 Å². The van der Waals surface area contributed by atoms with Gasteiger partial charge in [0.2, 0.25) is 0 Å². The smallest absolute Gasteiger partial charge is 0.266 e. The monoisotopic (exact) mass is 418 g/mol. The Morgan fingerprint density at radius 3 is 2.79 bits per heavy atom. The third-order valence-corrected chi connectivity index (χ3v) is 5.96. The van der Waals surface area contributed by atoms with Gasteiger partial charge in [-0.2, -0.15) is 0 Å². The Morgan fingerprint density at radius 2 is 2.00 bits per heavy atom. The van der Waals surface area contributed by atoms with Crippen molar-refractivity contribution in [1.82, 2.24) is 19.8 Å². The number of halogens is 1. The average Bonchev–Trinajstić information content (AvgIpc) is 3.15. The molecule has 144 valence electrons. The number of sulfonamides is 1. The van der Waals surface area contributed by atoms with Crippen LogP contribution >= 0.6 is 11.6 Å². The van der Waals surface area contributed by atoms with Gasteiger partial charge in [-0.25, -0.2) is 13.4 Å². The number of fused-ring (bicyclic) bond motifs is 2. The Morgan fingerprint density at radius 1 is 1.18 bits per heavy atom. The van der Waals surface area contributed by atoms with Crippen molar-refractivity contribution in [2.24, 2.45) is 0 Å². The van der Waals surface area contributed by atoms with Crippen molar-refractivity contribution < 1.29 is 13.2 Å². The Labute approximate surface area is 165 Å². The molecule has 10 heteroatoms. The molecule has 2 aromatic carbocycles. The second-order valence-corrected chi connectivity index (χ2v) is 8.46. The maximum absolute atomic E-state index is 12.5. The van der Waals surface area contributed by atoms with Gasteiger partial charge in [0.25, 0.3) is 21.5 Å². The molecule has 0 aliphatic carbocycles. The molecular formula is C18H15ClN4O4S. The number of aryl methyl sites for hydroxylation is 1. The topological polar surface area (TPSA) is 110 Å². The minimum atomic E-state index is -3.98. The van der Waals surface area contributed by atoms with E-state index in [1.165, 1.54) is 36.4 Å². The summed E-state index contributed by atoms with van der Waals surface area (Å²) in [6, 6.07) is 10.1. The fraction of sp³-hybridized carbons (Fsp3) is 0.167. The maximum atomic E-state index is 12.5. The molecule has 0 spiro atoms. The van der Waals surface area contributed by atoms with Gasteiger partial charge in [0.05, 0.1) is 15.8 Å². The van der Waals surface area contributed by atoms with Crippen LogP contribution in [0.25, 0.3) is 10.9 Å². The Balaban J connectivity index is 1.58. The van der Waals surface area contributed by atoms with Crippen molar-refractivity contribution >= 4 is 38.4 Å². The fourth-order valence-electron chi connectivity index (χ4n) is 3.10. The number of hydrazine groups is 1. The van der Waals surface area contributed by atoms with Crippen LogP contribution in [-0.2, 0) is 23.0 Å². The average molecular weight is 419 g/mol. The minimum absolute atomic E-state index is 0.0796. The van der Waals surface area contributed by atoms with E-state index in [1.807, 2.05) is 4.83 Å². The molecule has 1 aliphatic heterocycles. The number of benzene rings is 2. The summed E-state index contributed by atoms with van der Waals surface area (Å²) in [5.74, 6) is 0.0200. The molecule has 0 unspecified atom stereocenters. The van der Waals surface area contributed by atoms with Crippen LogP contribution in [0.3, 0.4) is 0 Å². The first-order valence-corrected chi connectivity index (χ1v) is 10.3. The second-order valence-electron chi connectivity index (χ2n) is 6.34. The van der Waals surface area contributed by atoms with Crippen LogP contribution in [0.5, 0.6) is 0 Å². The van der Waals surface area contributed by atoms with Crippen molar-refractivity contribution in [2.45, 2.75) is 24.3 Å². The van der Waals surface area contributed by atoms with Crippen molar-refractivity contribution in [3.63, 3.8) is 0 Å². The highest BCUT2D eigenvalue weighted by Crippen LogP contribution is 2.17. The number of nitrogens with zero attached hydrogens (tertiary/aromatic N) is 2. The normalized spacial score (nSPS) is 13.5. The van der Waals surface area contributed by atoms with E-state index in [1.54, 1.807) is 10.6 Å². The molecule has 2 heterocycles. The number of amides is 1.